The second-order valence-corrected chi connectivity index (χ2v) is 3.91. The summed E-state index contributed by atoms with van der Waals surface area (Å²) in [5.41, 5.74) is 1.51. The number of nitrogens with zero attached hydrogens (tertiary/aromatic N) is 1. The molecule has 2 rings (SSSR count). The summed E-state index contributed by atoms with van der Waals surface area (Å²) in [6.45, 7) is 5.62. The SMILES string of the molecule is CCNC(C)Cn1c(=O)oc2ccccc21. The molecule has 0 bridgehead atoms. The van der Waals surface area contributed by atoms with E-state index in [1.54, 1.807) is 4.57 Å². The second-order valence-electron chi connectivity index (χ2n) is 3.91. The van der Waals surface area contributed by atoms with Crippen molar-refractivity contribution in [2.45, 2.75) is 26.4 Å². The zero-order valence-corrected chi connectivity index (χ0v) is 9.56. The van der Waals surface area contributed by atoms with Gasteiger partial charge in [-0.3, -0.25) is 4.57 Å². The molecule has 0 aliphatic heterocycles. The minimum atomic E-state index is -0.286. The van der Waals surface area contributed by atoms with Crippen LogP contribution in [-0.4, -0.2) is 17.2 Å². The van der Waals surface area contributed by atoms with Crippen LogP contribution >= 0.6 is 0 Å². The first-order valence-electron chi connectivity index (χ1n) is 5.54. The molecule has 0 fully saturated rings. The van der Waals surface area contributed by atoms with Gasteiger partial charge < -0.3 is 9.73 Å². The smallest absolute Gasteiger partial charge is 0.408 e. The molecule has 0 saturated heterocycles. The maximum Gasteiger partial charge on any atom is 0.420 e. The van der Waals surface area contributed by atoms with Crippen LogP contribution in [-0.2, 0) is 6.54 Å². The topological polar surface area (TPSA) is 47.2 Å². The molecule has 0 amide bonds. The number of hydrogen-bond acceptors (Lipinski definition) is 3. The van der Waals surface area contributed by atoms with Gasteiger partial charge in [-0.05, 0) is 25.6 Å². The van der Waals surface area contributed by atoms with Crippen molar-refractivity contribution >= 4 is 11.1 Å². The van der Waals surface area contributed by atoms with Crippen LogP contribution in [0.4, 0.5) is 0 Å². The Kier molecular flexibility index (Phi) is 3.10. The van der Waals surface area contributed by atoms with Gasteiger partial charge in [-0.25, -0.2) is 4.79 Å². The van der Waals surface area contributed by atoms with Gasteiger partial charge in [0.05, 0.1) is 5.52 Å². The molecule has 4 nitrogen and oxygen atoms in total. The summed E-state index contributed by atoms with van der Waals surface area (Å²) in [4.78, 5) is 11.6. The van der Waals surface area contributed by atoms with Crippen LogP contribution in [0.2, 0.25) is 0 Å². The van der Waals surface area contributed by atoms with E-state index in [9.17, 15) is 4.79 Å². The lowest BCUT2D eigenvalue weighted by Gasteiger charge is -2.11. The normalized spacial score (nSPS) is 13.1. The van der Waals surface area contributed by atoms with E-state index in [1.165, 1.54) is 0 Å². The maximum absolute atomic E-state index is 11.6. The van der Waals surface area contributed by atoms with E-state index in [1.807, 2.05) is 31.2 Å². The zero-order chi connectivity index (χ0) is 11.5. The fourth-order valence-corrected chi connectivity index (χ4v) is 1.87. The Morgan fingerprint density at radius 2 is 2.19 bits per heavy atom. The third-order valence-electron chi connectivity index (χ3n) is 2.58. The number of aromatic nitrogens is 1. The van der Waals surface area contributed by atoms with Crippen molar-refractivity contribution in [2.24, 2.45) is 0 Å². The summed E-state index contributed by atoms with van der Waals surface area (Å²) in [7, 11) is 0. The average molecular weight is 220 g/mol. The van der Waals surface area contributed by atoms with Gasteiger partial charge in [-0.15, -0.1) is 0 Å². The Bertz CT molecular complexity index is 527. The first-order valence-corrected chi connectivity index (χ1v) is 5.54. The highest BCUT2D eigenvalue weighted by Gasteiger charge is 2.10. The van der Waals surface area contributed by atoms with Gasteiger partial charge in [-0.1, -0.05) is 19.1 Å². The fraction of sp³-hybridized carbons (Fsp3) is 0.417. The maximum atomic E-state index is 11.6. The van der Waals surface area contributed by atoms with Crippen LogP contribution in [0.15, 0.2) is 33.5 Å². The van der Waals surface area contributed by atoms with E-state index in [0.717, 1.165) is 12.1 Å². The first kappa shape index (κ1) is 11.0. The molecular formula is C12H16N2O2. The molecule has 1 heterocycles. The van der Waals surface area contributed by atoms with Crippen LogP contribution < -0.4 is 11.1 Å². The van der Waals surface area contributed by atoms with Crippen LogP contribution in [0.1, 0.15) is 13.8 Å². The monoisotopic (exact) mass is 220 g/mol. The molecule has 1 atom stereocenters. The number of benzene rings is 1. The molecule has 0 radical (unpaired) electrons. The molecule has 4 heteroatoms. The van der Waals surface area contributed by atoms with Crippen LogP contribution in [0.5, 0.6) is 0 Å². The van der Waals surface area contributed by atoms with Crippen LogP contribution in [0.3, 0.4) is 0 Å². The molecule has 86 valence electrons. The number of rotatable bonds is 4. The predicted molar refractivity (Wildman–Crippen MR) is 63.6 cm³/mol. The van der Waals surface area contributed by atoms with Crippen LogP contribution in [0, 0.1) is 0 Å². The minimum absolute atomic E-state index is 0.253. The highest BCUT2D eigenvalue weighted by atomic mass is 16.4. The average Bonchev–Trinajstić information content (AvgIpc) is 2.56. The summed E-state index contributed by atoms with van der Waals surface area (Å²) in [6.07, 6.45) is 0. The van der Waals surface area contributed by atoms with E-state index in [4.69, 9.17) is 4.42 Å². The molecule has 16 heavy (non-hydrogen) atoms. The molecule has 0 aliphatic carbocycles. The number of likely N-dealkylation sites (N-methyl/N-ethyl adjacent to an activating group) is 1. The van der Waals surface area contributed by atoms with Crippen molar-refractivity contribution < 1.29 is 4.42 Å². The molecule has 0 aliphatic rings. The van der Waals surface area contributed by atoms with Gasteiger partial charge in [0.15, 0.2) is 5.58 Å². The summed E-state index contributed by atoms with van der Waals surface area (Å²) in [5.74, 6) is -0.286. The molecular weight excluding hydrogens is 204 g/mol. The van der Waals surface area contributed by atoms with Crippen molar-refractivity contribution in [3.8, 4) is 0 Å². The first-order chi connectivity index (χ1) is 7.72. The number of para-hydroxylation sites is 2. The van der Waals surface area contributed by atoms with Crippen molar-refractivity contribution in [3.05, 3.63) is 34.8 Å². The van der Waals surface area contributed by atoms with Crippen LogP contribution in [0.25, 0.3) is 11.1 Å². The van der Waals surface area contributed by atoms with Crippen molar-refractivity contribution in [2.75, 3.05) is 6.54 Å². The summed E-state index contributed by atoms with van der Waals surface area (Å²) in [6, 6.07) is 7.74. The Morgan fingerprint density at radius 3 is 2.94 bits per heavy atom. The standard InChI is InChI=1S/C12H16N2O2/c1-3-13-9(2)8-14-10-6-4-5-7-11(10)16-12(14)15/h4-7,9,13H,3,8H2,1-2H3. The molecule has 1 aromatic carbocycles. The van der Waals surface area contributed by atoms with Gasteiger partial charge in [0.25, 0.3) is 0 Å². The number of hydrogen-bond donors (Lipinski definition) is 1. The Hall–Kier alpha value is -1.55. The molecule has 0 spiro atoms. The third-order valence-corrected chi connectivity index (χ3v) is 2.58. The predicted octanol–water partition coefficient (Wildman–Crippen LogP) is 1.59. The molecule has 1 aromatic heterocycles. The van der Waals surface area contributed by atoms with Gasteiger partial charge in [0, 0.05) is 12.6 Å². The second kappa shape index (κ2) is 4.53. The Morgan fingerprint density at radius 1 is 1.44 bits per heavy atom. The lowest BCUT2D eigenvalue weighted by molar-refractivity contribution is 0.447. The molecule has 1 unspecified atom stereocenters. The van der Waals surface area contributed by atoms with E-state index >= 15 is 0 Å². The number of fused-ring (bicyclic) bond motifs is 1. The number of nitrogens with one attached hydrogen (secondary N) is 1. The van der Waals surface area contributed by atoms with Crippen molar-refractivity contribution in [3.63, 3.8) is 0 Å². The van der Waals surface area contributed by atoms with Gasteiger partial charge in [-0.2, -0.15) is 0 Å². The van der Waals surface area contributed by atoms with Gasteiger partial charge in [0.2, 0.25) is 0 Å². The lowest BCUT2D eigenvalue weighted by Crippen LogP contribution is -2.32. The Balaban J connectivity index is 2.36. The zero-order valence-electron chi connectivity index (χ0n) is 9.56. The van der Waals surface area contributed by atoms with E-state index in [2.05, 4.69) is 12.2 Å². The third kappa shape index (κ3) is 2.02. The number of oxazole rings is 1. The summed E-state index contributed by atoms with van der Waals surface area (Å²) in [5, 5.41) is 3.27. The van der Waals surface area contributed by atoms with Crippen molar-refractivity contribution in [1.82, 2.24) is 9.88 Å². The largest absolute Gasteiger partial charge is 0.420 e. The minimum Gasteiger partial charge on any atom is -0.408 e. The Labute approximate surface area is 93.9 Å². The van der Waals surface area contributed by atoms with Gasteiger partial charge >= 0.3 is 5.76 Å². The van der Waals surface area contributed by atoms with Crippen molar-refractivity contribution in [1.29, 1.82) is 0 Å². The van der Waals surface area contributed by atoms with Gasteiger partial charge in [0.1, 0.15) is 0 Å². The molecule has 2 aromatic rings. The fourth-order valence-electron chi connectivity index (χ4n) is 1.87. The molecule has 0 saturated carbocycles. The van der Waals surface area contributed by atoms with E-state index in [-0.39, 0.29) is 11.8 Å². The quantitative estimate of drug-likeness (QED) is 0.851. The summed E-state index contributed by atoms with van der Waals surface area (Å²) >= 11 is 0. The van der Waals surface area contributed by atoms with E-state index in [0.29, 0.717) is 12.1 Å². The van der Waals surface area contributed by atoms with E-state index < -0.39 is 0 Å². The highest BCUT2D eigenvalue weighted by Crippen LogP contribution is 2.11. The summed E-state index contributed by atoms with van der Waals surface area (Å²) < 4.78 is 6.83. The highest BCUT2D eigenvalue weighted by molar-refractivity contribution is 5.72. The lowest BCUT2D eigenvalue weighted by atomic mass is 10.3. The molecule has 1 N–H and O–H groups in total.